The highest BCUT2D eigenvalue weighted by Gasteiger charge is 2.37. The number of anilines is 2. The fourth-order valence-corrected chi connectivity index (χ4v) is 3.99. The minimum atomic E-state index is -4.77. The van der Waals surface area contributed by atoms with Gasteiger partial charge in [-0.1, -0.05) is 37.6 Å². The van der Waals surface area contributed by atoms with Crippen LogP contribution in [0.4, 0.5) is 24.5 Å². The first-order chi connectivity index (χ1) is 18.8. The molecule has 0 saturated carbocycles. The van der Waals surface area contributed by atoms with Crippen molar-refractivity contribution in [1.82, 2.24) is 35.3 Å². The molecule has 4 aromatic rings. The summed E-state index contributed by atoms with van der Waals surface area (Å²) in [5.41, 5.74) is 7.74. The second-order valence-electron chi connectivity index (χ2n) is 9.34. The van der Waals surface area contributed by atoms with Gasteiger partial charge < -0.3 is 16.4 Å². The van der Waals surface area contributed by atoms with Crippen LogP contribution in [0, 0.1) is 12.8 Å². The Morgan fingerprint density at radius 2 is 1.82 bits per heavy atom. The van der Waals surface area contributed by atoms with Gasteiger partial charge in [0.15, 0.2) is 0 Å². The first-order valence-corrected chi connectivity index (χ1v) is 12.4. The number of amides is 2. The Kier molecular flexibility index (Phi) is 8.09. The molecule has 4 rings (SSSR count). The van der Waals surface area contributed by atoms with Gasteiger partial charge in [-0.05, 0) is 54.0 Å². The Hall–Kier alpha value is -4.46. The number of hydrogen-bond donors (Lipinski definition) is 3. The summed E-state index contributed by atoms with van der Waals surface area (Å²) in [6.07, 6.45) is -4.77. The number of nitrogens with zero attached hydrogens (tertiary/aromatic N) is 6. The zero-order valence-electron chi connectivity index (χ0n) is 21.6. The van der Waals surface area contributed by atoms with E-state index in [9.17, 15) is 22.8 Å². The van der Waals surface area contributed by atoms with E-state index in [1.807, 2.05) is 13.8 Å². The number of alkyl halides is 3. The molecule has 0 bridgehead atoms. The van der Waals surface area contributed by atoms with Crippen molar-refractivity contribution in [2.24, 2.45) is 5.92 Å². The quantitative estimate of drug-likeness (QED) is 0.268. The van der Waals surface area contributed by atoms with Crippen LogP contribution in [0.1, 0.15) is 51.8 Å². The van der Waals surface area contributed by atoms with E-state index in [-0.39, 0.29) is 40.1 Å². The Bertz CT molecular complexity index is 1560. The molecule has 2 amide bonds. The molecule has 2 aromatic heterocycles. The zero-order valence-corrected chi connectivity index (χ0v) is 22.4. The molecular weight excluding hydrogens is 551 g/mol. The molecule has 0 aliphatic carbocycles. The highest BCUT2D eigenvalue weighted by molar-refractivity contribution is 6.32. The summed E-state index contributed by atoms with van der Waals surface area (Å²) in [7, 11) is 0. The van der Waals surface area contributed by atoms with Gasteiger partial charge in [0.05, 0.1) is 27.7 Å². The number of aromatic nitrogens is 6. The van der Waals surface area contributed by atoms with E-state index in [1.165, 1.54) is 16.8 Å². The van der Waals surface area contributed by atoms with E-state index < -0.39 is 23.8 Å². The zero-order chi connectivity index (χ0) is 29.2. The fourth-order valence-electron chi connectivity index (χ4n) is 3.77. The lowest BCUT2D eigenvalue weighted by atomic mass is 10.0. The molecule has 0 unspecified atom stereocenters. The summed E-state index contributed by atoms with van der Waals surface area (Å²) in [5.74, 6) is -2.29. The average molecular weight is 576 g/mol. The highest BCUT2D eigenvalue weighted by Crippen LogP contribution is 2.28. The van der Waals surface area contributed by atoms with Crippen molar-refractivity contribution in [2.45, 2.75) is 33.5 Å². The molecule has 0 spiro atoms. The number of nitrogen functional groups attached to an aromatic ring is 1. The van der Waals surface area contributed by atoms with Crippen LogP contribution in [0.5, 0.6) is 0 Å². The number of nitrogens with one attached hydrogen (secondary N) is 2. The van der Waals surface area contributed by atoms with Crippen molar-refractivity contribution in [2.75, 3.05) is 17.6 Å². The van der Waals surface area contributed by atoms with Crippen LogP contribution in [0.25, 0.3) is 5.69 Å². The summed E-state index contributed by atoms with van der Waals surface area (Å²) in [6.45, 7) is 5.68. The van der Waals surface area contributed by atoms with Crippen molar-refractivity contribution < 1.29 is 22.8 Å². The minimum Gasteiger partial charge on any atom is -0.399 e. The Morgan fingerprint density at radius 3 is 2.48 bits per heavy atom. The van der Waals surface area contributed by atoms with Gasteiger partial charge >= 0.3 is 6.18 Å². The molecule has 0 aliphatic heterocycles. The fraction of sp³-hybridized carbons (Fsp3) is 0.280. The first kappa shape index (κ1) is 28.5. The van der Waals surface area contributed by atoms with Gasteiger partial charge in [-0.25, -0.2) is 4.68 Å². The van der Waals surface area contributed by atoms with Gasteiger partial charge in [0.2, 0.25) is 0 Å². The van der Waals surface area contributed by atoms with Gasteiger partial charge in [-0.2, -0.15) is 23.1 Å². The lowest BCUT2D eigenvalue weighted by Crippen LogP contribution is -2.29. The Balaban J connectivity index is 1.72. The van der Waals surface area contributed by atoms with Gasteiger partial charge in [0.1, 0.15) is 12.2 Å². The lowest BCUT2D eigenvalue weighted by molar-refractivity contribution is -0.145. The van der Waals surface area contributed by atoms with Crippen LogP contribution in [0.2, 0.25) is 5.02 Å². The largest absolute Gasteiger partial charge is 0.455 e. The third-order valence-corrected chi connectivity index (χ3v) is 5.91. The standard InChI is InChI=1S/C25H25ClF3N9O2/c1-13(2)11-31-22(39)17-9-15(30)8-14(3)21(17)32-23(40)20-10-16(12-37-35-24(33-36-37)25(27,28)29)34-38(20)19-7-5-4-6-18(19)26/h4-10,13H,11-12,30H2,1-3H3,(H,31,39)(H,32,40). The van der Waals surface area contributed by atoms with E-state index in [1.54, 1.807) is 37.3 Å². The van der Waals surface area contributed by atoms with E-state index in [0.717, 1.165) is 0 Å². The predicted molar refractivity (Wildman–Crippen MR) is 141 cm³/mol. The van der Waals surface area contributed by atoms with Crippen molar-refractivity contribution in [3.63, 3.8) is 0 Å². The van der Waals surface area contributed by atoms with Gasteiger partial charge in [0.25, 0.3) is 17.6 Å². The van der Waals surface area contributed by atoms with E-state index >= 15 is 0 Å². The number of rotatable bonds is 8. The van der Waals surface area contributed by atoms with Crippen LogP contribution in [-0.2, 0) is 12.7 Å². The topological polar surface area (TPSA) is 146 Å². The predicted octanol–water partition coefficient (Wildman–Crippen LogP) is 4.11. The maximum Gasteiger partial charge on any atom is 0.455 e. The number of para-hydroxylation sites is 1. The van der Waals surface area contributed by atoms with Crippen LogP contribution in [-0.4, -0.2) is 48.3 Å². The maximum atomic E-state index is 13.6. The van der Waals surface area contributed by atoms with Crippen LogP contribution >= 0.6 is 11.6 Å². The maximum absolute atomic E-state index is 13.6. The number of tetrazole rings is 1. The van der Waals surface area contributed by atoms with Gasteiger partial charge in [0, 0.05) is 12.2 Å². The van der Waals surface area contributed by atoms with E-state index in [0.29, 0.717) is 28.3 Å². The molecule has 0 aliphatic rings. The van der Waals surface area contributed by atoms with Crippen molar-refractivity contribution in [1.29, 1.82) is 0 Å². The van der Waals surface area contributed by atoms with Crippen molar-refractivity contribution in [3.8, 4) is 5.69 Å². The first-order valence-electron chi connectivity index (χ1n) is 12.0. The monoisotopic (exact) mass is 575 g/mol. The number of aryl methyl sites for hydroxylation is 1. The number of hydrogen-bond acceptors (Lipinski definition) is 7. The third-order valence-electron chi connectivity index (χ3n) is 5.59. The normalized spacial score (nSPS) is 11.6. The molecule has 210 valence electrons. The Labute approximate surface area is 231 Å². The van der Waals surface area contributed by atoms with Crippen molar-refractivity contribution >= 4 is 34.8 Å². The minimum absolute atomic E-state index is 0.0102. The molecule has 2 aromatic carbocycles. The van der Waals surface area contributed by atoms with Crippen LogP contribution in [0.3, 0.4) is 0 Å². The van der Waals surface area contributed by atoms with Gasteiger partial charge in [-0.15, -0.1) is 10.2 Å². The average Bonchev–Trinajstić information content (AvgIpc) is 3.52. The molecular formula is C25H25ClF3N9O2. The third kappa shape index (κ3) is 6.39. The smallest absolute Gasteiger partial charge is 0.399 e. The molecule has 0 saturated heterocycles. The summed E-state index contributed by atoms with van der Waals surface area (Å²) < 4.78 is 40.0. The van der Waals surface area contributed by atoms with E-state index in [2.05, 4.69) is 31.1 Å². The number of nitrogens with two attached hydrogens (primary N) is 1. The second-order valence-corrected chi connectivity index (χ2v) is 9.75. The molecule has 11 nitrogen and oxygen atoms in total. The summed E-state index contributed by atoms with van der Waals surface area (Å²) in [4.78, 5) is 27.3. The number of carbonyl (C=O) groups excluding carboxylic acids is 2. The van der Waals surface area contributed by atoms with Gasteiger partial charge in [-0.3, -0.25) is 9.59 Å². The molecule has 40 heavy (non-hydrogen) atoms. The summed E-state index contributed by atoms with van der Waals surface area (Å²) in [6, 6.07) is 11.0. The molecule has 15 heteroatoms. The molecule has 2 heterocycles. The van der Waals surface area contributed by atoms with E-state index in [4.69, 9.17) is 17.3 Å². The SMILES string of the molecule is Cc1cc(N)cc(C(=O)NCC(C)C)c1NC(=O)c1cc(Cn2nnc(C(F)(F)F)n2)nn1-c1ccccc1Cl. The Morgan fingerprint density at radius 1 is 1.10 bits per heavy atom. The molecule has 4 N–H and O–H groups in total. The van der Waals surface area contributed by atoms with Crippen molar-refractivity contribution in [3.05, 3.63) is 75.8 Å². The molecule has 0 fully saturated rings. The summed E-state index contributed by atoms with van der Waals surface area (Å²) in [5, 5.41) is 20.0. The number of benzene rings is 2. The summed E-state index contributed by atoms with van der Waals surface area (Å²) >= 11 is 6.36. The number of carbonyl (C=O) groups is 2. The van der Waals surface area contributed by atoms with Crippen LogP contribution in [0.15, 0.2) is 42.5 Å². The molecule has 0 radical (unpaired) electrons. The lowest BCUT2D eigenvalue weighted by Gasteiger charge is -2.16. The molecule has 0 atom stereocenters. The van der Waals surface area contributed by atoms with Crippen LogP contribution < -0.4 is 16.4 Å². The highest BCUT2D eigenvalue weighted by atomic mass is 35.5. The second kappa shape index (κ2) is 11.3. The number of halogens is 4.